The number of hydrogen-bond acceptors (Lipinski definition) is 6. The van der Waals surface area contributed by atoms with Gasteiger partial charge in [-0.1, -0.05) is 24.3 Å². The molecule has 3 aromatic rings. The lowest BCUT2D eigenvalue weighted by Crippen LogP contribution is -2.27. The lowest BCUT2D eigenvalue weighted by molar-refractivity contribution is 0.0939. The van der Waals surface area contributed by atoms with Gasteiger partial charge in [-0.15, -0.1) is 10.2 Å². The minimum atomic E-state index is -0.312. The first-order valence-corrected chi connectivity index (χ1v) is 8.12. The molecule has 0 saturated carbocycles. The van der Waals surface area contributed by atoms with E-state index < -0.39 is 0 Å². The molecule has 7 nitrogen and oxygen atoms in total. The van der Waals surface area contributed by atoms with Gasteiger partial charge in [-0.05, 0) is 31.2 Å². The molecule has 7 heteroatoms. The van der Waals surface area contributed by atoms with Gasteiger partial charge in [-0.2, -0.15) is 0 Å². The van der Waals surface area contributed by atoms with Crippen molar-refractivity contribution in [3.8, 4) is 5.75 Å². The van der Waals surface area contributed by atoms with Crippen molar-refractivity contribution in [3.63, 3.8) is 0 Å². The molecule has 0 fully saturated rings. The summed E-state index contributed by atoms with van der Waals surface area (Å²) in [6, 6.07) is 16.1. The van der Waals surface area contributed by atoms with Crippen LogP contribution in [-0.4, -0.2) is 28.2 Å². The van der Waals surface area contributed by atoms with Crippen molar-refractivity contribution in [3.05, 3.63) is 72.1 Å². The second-order valence-corrected chi connectivity index (χ2v) is 5.62. The molecule has 1 amide bonds. The highest BCUT2D eigenvalue weighted by atomic mass is 16.5. The van der Waals surface area contributed by atoms with Crippen molar-refractivity contribution in [1.82, 2.24) is 20.5 Å². The normalized spacial score (nSPS) is 11.5. The number of aromatic nitrogens is 3. The zero-order chi connectivity index (χ0) is 18.4. The second-order valence-electron chi connectivity index (χ2n) is 5.62. The Bertz CT molecular complexity index is 869. The Labute approximate surface area is 151 Å². The zero-order valence-corrected chi connectivity index (χ0v) is 14.5. The molecule has 3 rings (SSSR count). The smallest absolute Gasteiger partial charge is 0.251 e. The van der Waals surface area contributed by atoms with Crippen molar-refractivity contribution >= 4 is 17.5 Å². The van der Waals surface area contributed by atoms with E-state index in [1.807, 2.05) is 49.4 Å². The van der Waals surface area contributed by atoms with Crippen LogP contribution in [0, 0.1) is 0 Å². The van der Waals surface area contributed by atoms with Crippen LogP contribution in [0.3, 0.4) is 0 Å². The fraction of sp³-hybridized carbons (Fsp3) is 0.158. The molecule has 1 atom stereocenters. The van der Waals surface area contributed by atoms with Gasteiger partial charge in [0.25, 0.3) is 5.91 Å². The lowest BCUT2D eigenvalue weighted by atomic mass is 10.2. The molecular formula is C19H19N5O2. The van der Waals surface area contributed by atoms with Gasteiger partial charge in [0, 0.05) is 17.3 Å². The molecule has 1 unspecified atom stereocenters. The SMILES string of the molecule is COc1cccc(Nc2ncc(C(C)NC(=O)c3ccccc3)nn2)c1. The fourth-order valence-corrected chi connectivity index (χ4v) is 2.31. The Morgan fingerprint density at radius 2 is 1.88 bits per heavy atom. The molecule has 1 heterocycles. The van der Waals surface area contributed by atoms with Crippen LogP contribution in [0.15, 0.2) is 60.8 Å². The summed E-state index contributed by atoms with van der Waals surface area (Å²) in [6.07, 6.45) is 1.59. The number of nitrogens with zero attached hydrogens (tertiary/aromatic N) is 3. The number of benzene rings is 2. The van der Waals surface area contributed by atoms with E-state index >= 15 is 0 Å². The molecule has 0 spiro atoms. The van der Waals surface area contributed by atoms with Gasteiger partial charge >= 0.3 is 0 Å². The molecular weight excluding hydrogens is 330 g/mol. The number of ether oxygens (including phenoxy) is 1. The Morgan fingerprint density at radius 3 is 2.58 bits per heavy atom. The molecule has 132 valence electrons. The van der Waals surface area contributed by atoms with E-state index in [0.29, 0.717) is 17.2 Å². The summed E-state index contributed by atoms with van der Waals surface area (Å²) in [5.74, 6) is 0.930. The van der Waals surface area contributed by atoms with Gasteiger partial charge in [0.2, 0.25) is 5.95 Å². The largest absolute Gasteiger partial charge is 0.497 e. The molecule has 1 aromatic heterocycles. The number of rotatable bonds is 6. The van der Waals surface area contributed by atoms with Crippen molar-refractivity contribution in [2.75, 3.05) is 12.4 Å². The molecule has 0 aliphatic rings. The third kappa shape index (κ3) is 4.32. The van der Waals surface area contributed by atoms with E-state index in [1.54, 1.807) is 25.4 Å². The number of methoxy groups -OCH3 is 1. The molecule has 26 heavy (non-hydrogen) atoms. The minimum absolute atomic E-state index is 0.168. The van der Waals surface area contributed by atoms with E-state index in [9.17, 15) is 4.79 Å². The number of nitrogens with one attached hydrogen (secondary N) is 2. The van der Waals surface area contributed by atoms with E-state index in [4.69, 9.17) is 4.74 Å². The van der Waals surface area contributed by atoms with E-state index in [-0.39, 0.29) is 11.9 Å². The monoisotopic (exact) mass is 349 g/mol. The van der Waals surface area contributed by atoms with Crippen LogP contribution in [0.4, 0.5) is 11.6 Å². The Balaban J connectivity index is 1.64. The highest BCUT2D eigenvalue weighted by Crippen LogP contribution is 2.19. The van der Waals surface area contributed by atoms with Crippen LogP contribution in [0.25, 0.3) is 0 Å². The average molecular weight is 349 g/mol. The number of carbonyl (C=O) groups is 1. The summed E-state index contributed by atoms with van der Waals surface area (Å²) >= 11 is 0. The Hall–Kier alpha value is -3.48. The fourth-order valence-electron chi connectivity index (χ4n) is 2.31. The maximum atomic E-state index is 12.2. The molecule has 0 saturated heterocycles. The van der Waals surface area contributed by atoms with Crippen LogP contribution in [0.1, 0.15) is 29.0 Å². The van der Waals surface area contributed by atoms with Gasteiger partial charge in [0.15, 0.2) is 0 Å². The first-order chi connectivity index (χ1) is 12.7. The zero-order valence-electron chi connectivity index (χ0n) is 14.5. The lowest BCUT2D eigenvalue weighted by Gasteiger charge is -2.13. The third-order valence-corrected chi connectivity index (χ3v) is 3.73. The number of carbonyl (C=O) groups excluding carboxylic acids is 1. The van der Waals surface area contributed by atoms with Crippen LogP contribution in [0.5, 0.6) is 5.75 Å². The predicted molar refractivity (Wildman–Crippen MR) is 98.4 cm³/mol. The predicted octanol–water partition coefficient (Wildman–Crippen LogP) is 3.11. The van der Waals surface area contributed by atoms with Crippen LogP contribution in [-0.2, 0) is 0 Å². The van der Waals surface area contributed by atoms with Gasteiger partial charge in [-0.25, -0.2) is 4.98 Å². The summed E-state index contributed by atoms with van der Waals surface area (Å²) in [6.45, 7) is 1.84. The second kappa shape index (κ2) is 8.06. The Morgan fingerprint density at radius 1 is 1.08 bits per heavy atom. The highest BCUT2D eigenvalue weighted by Gasteiger charge is 2.13. The van der Waals surface area contributed by atoms with E-state index in [0.717, 1.165) is 11.4 Å². The summed E-state index contributed by atoms with van der Waals surface area (Å²) in [5, 5.41) is 14.1. The topological polar surface area (TPSA) is 89.0 Å². The van der Waals surface area contributed by atoms with Crippen molar-refractivity contribution in [2.45, 2.75) is 13.0 Å². The highest BCUT2D eigenvalue weighted by molar-refractivity contribution is 5.94. The molecule has 0 aliphatic heterocycles. The summed E-state index contributed by atoms with van der Waals surface area (Å²) in [7, 11) is 1.61. The Kier molecular flexibility index (Phi) is 5.38. The van der Waals surface area contributed by atoms with Gasteiger partial charge in [-0.3, -0.25) is 4.79 Å². The molecule has 0 radical (unpaired) electrons. The van der Waals surface area contributed by atoms with E-state index in [1.165, 1.54) is 0 Å². The number of hydrogen-bond donors (Lipinski definition) is 2. The van der Waals surface area contributed by atoms with Gasteiger partial charge in [0.1, 0.15) is 11.4 Å². The quantitative estimate of drug-likeness (QED) is 0.711. The maximum absolute atomic E-state index is 12.2. The summed E-state index contributed by atoms with van der Waals surface area (Å²) in [5.41, 5.74) is 1.96. The molecule has 0 bridgehead atoms. The van der Waals surface area contributed by atoms with Crippen LogP contribution in [0.2, 0.25) is 0 Å². The first-order valence-electron chi connectivity index (χ1n) is 8.12. The van der Waals surface area contributed by atoms with E-state index in [2.05, 4.69) is 25.8 Å². The summed E-state index contributed by atoms with van der Waals surface area (Å²) < 4.78 is 5.18. The van der Waals surface area contributed by atoms with Gasteiger partial charge < -0.3 is 15.4 Å². The molecule has 2 N–H and O–H groups in total. The molecule has 2 aromatic carbocycles. The number of anilines is 2. The van der Waals surface area contributed by atoms with Crippen LogP contribution >= 0.6 is 0 Å². The van der Waals surface area contributed by atoms with Crippen molar-refractivity contribution in [2.24, 2.45) is 0 Å². The maximum Gasteiger partial charge on any atom is 0.251 e. The van der Waals surface area contributed by atoms with Crippen molar-refractivity contribution in [1.29, 1.82) is 0 Å². The van der Waals surface area contributed by atoms with Gasteiger partial charge in [0.05, 0.1) is 19.3 Å². The summed E-state index contributed by atoms with van der Waals surface area (Å²) in [4.78, 5) is 16.4. The average Bonchev–Trinajstić information content (AvgIpc) is 2.69. The minimum Gasteiger partial charge on any atom is -0.497 e. The third-order valence-electron chi connectivity index (χ3n) is 3.73. The van der Waals surface area contributed by atoms with Crippen molar-refractivity contribution < 1.29 is 9.53 Å². The van der Waals surface area contributed by atoms with Crippen LogP contribution < -0.4 is 15.4 Å². The molecule has 0 aliphatic carbocycles. The number of amides is 1. The first kappa shape index (κ1) is 17.3. The standard InChI is InChI=1S/C19H19N5O2/c1-13(21-18(25)14-7-4-3-5-8-14)17-12-20-19(24-23-17)22-15-9-6-10-16(11-15)26-2/h3-13H,1-2H3,(H,21,25)(H,20,22,24).